The van der Waals surface area contributed by atoms with Crippen molar-refractivity contribution in [1.82, 2.24) is 30.3 Å². The molecule has 0 fully saturated rings. The van der Waals surface area contributed by atoms with E-state index in [-0.39, 0.29) is 24.0 Å². The van der Waals surface area contributed by atoms with E-state index in [9.17, 15) is 4.79 Å². The average Bonchev–Trinajstić information content (AvgIpc) is 3.01. The molecule has 1 unspecified atom stereocenters. The fraction of sp³-hybridized carbons (Fsp3) is 0.533. The molecule has 1 N–H and O–H groups in total. The van der Waals surface area contributed by atoms with Crippen LogP contribution in [0.4, 0.5) is 4.79 Å². The van der Waals surface area contributed by atoms with E-state index in [0.29, 0.717) is 11.7 Å². The fourth-order valence-electron chi connectivity index (χ4n) is 1.83. The molecule has 8 nitrogen and oxygen atoms in total. The lowest BCUT2D eigenvalue weighted by Crippen LogP contribution is -2.38. The van der Waals surface area contributed by atoms with Gasteiger partial charge in [-0.2, -0.15) is 4.98 Å². The van der Waals surface area contributed by atoms with E-state index < -0.39 is 0 Å². The second-order valence-electron chi connectivity index (χ2n) is 6.34. The maximum absolute atomic E-state index is 12.2. The summed E-state index contributed by atoms with van der Waals surface area (Å²) < 4.78 is 5.15. The predicted octanol–water partition coefficient (Wildman–Crippen LogP) is 2.06. The quantitative estimate of drug-likeness (QED) is 0.926. The number of carbonyl (C=O) groups is 1. The summed E-state index contributed by atoms with van der Waals surface area (Å²) in [5.41, 5.74) is 0.579. The molecule has 2 aromatic heterocycles. The number of carbonyl (C=O) groups excluding carboxylic acids is 1. The SMILES string of the molecule is CC(c1ccncn1)N(C)C(=O)NCc1nc(C(C)(C)C)no1. The van der Waals surface area contributed by atoms with Crippen LogP contribution in [0.5, 0.6) is 0 Å². The molecule has 23 heavy (non-hydrogen) atoms. The van der Waals surface area contributed by atoms with Gasteiger partial charge in [-0.25, -0.2) is 14.8 Å². The molecule has 2 aromatic rings. The summed E-state index contributed by atoms with van der Waals surface area (Å²) in [5, 5.41) is 6.69. The van der Waals surface area contributed by atoms with Gasteiger partial charge in [0.25, 0.3) is 0 Å². The zero-order valence-electron chi connectivity index (χ0n) is 14.1. The molecule has 1 atom stereocenters. The van der Waals surface area contributed by atoms with E-state index in [1.165, 1.54) is 6.33 Å². The van der Waals surface area contributed by atoms with E-state index in [2.05, 4.69) is 25.4 Å². The third kappa shape index (κ3) is 4.24. The summed E-state index contributed by atoms with van der Waals surface area (Å²) in [6.45, 7) is 8.07. The van der Waals surface area contributed by atoms with Crippen LogP contribution in [0.3, 0.4) is 0 Å². The first-order valence-corrected chi connectivity index (χ1v) is 7.38. The lowest BCUT2D eigenvalue weighted by Gasteiger charge is -2.24. The summed E-state index contributed by atoms with van der Waals surface area (Å²) in [6.07, 6.45) is 3.11. The molecular weight excluding hydrogens is 296 g/mol. The number of amides is 2. The Morgan fingerprint density at radius 3 is 2.74 bits per heavy atom. The molecule has 0 aliphatic carbocycles. The van der Waals surface area contributed by atoms with Crippen LogP contribution in [0.25, 0.3) is 0 Å². The number of nitrogens with one attached hydrogen (secondary N) is 1. The molecule has 8 heteroatoms. The van der Waals surface area contributed by atoms with Gasteiger partial charge in [-0.15, -0.1) is 0 Å². The highest BCUT2D eigenvalue weighted by Crippen LogP contribution is 2.18. The van der Waals surface area contributed by atoms with Crippen LogP contribution in [0.1, 0.15) is 51.1 Å². The number of hydrogen-bond acceptors (Lipinski definition) is 6. The fourth-order valence-corrected chi connectivity index (χ4v) is 1.83. The Labute approximate surface area is 135 Å². The first kappa shape index (κ1) is 16.9. The molecule has 0 aliphatic heterocycles. The summed E-state index contributed by atoms with van der Waals surface area (Å²) in [6, 6.07) is 1.36. The first-order chi connectivity index (χ1) is 10.8. The maximum Gasteiger partial charge on any atom is 0.318 e. The van der Waals surface area contributed by atoms with Crippen molar-refractivity contribution in [3.05, 3.63) is 36.0 Å². The second kappa shape index (κ2) is 6.72. The van der Waals surface area contributed by atoms with Crippen molar-refractivity contribution in [3.63, 3.8) is 0 Å². The van der Waals surface area contributed by atoms with Gasteiger partial charge in [0.05, 0.1) is 18.3 Å². The number of hydrogen-bond donors (Lipinski definition) is 1. The van der Waals surface area contributed by atoms with Crippen molar-refractivity contribution in [2.24, 2.45) is 0 Å². The second-order valence-corrected chi connectivity index (χ2v) is 6.34. The molecule has 0 saturated heterocycles. The zero-order valence-corrected chi connectivity index (χ0v) is 14.1. The van der Waals surface area contributed by atoms with E-state index in [4.69, 9.17) is 4.52 Å². The summed E-state index contributed by atoms with van der Waals surface area (Å²) in [7, 11) is 1.70. The van der Waals surface area contributed by atoms with Gasteiger partial charge in [0.2, 0.25) is 5.89 Å². The van der Waals surface area contributed by atoms with Crippen molar-refractivity contribution >= 4 is 6.03 Å². The molecule has 2 heterocycles. The minimum Gasteiger partial charge on any atom is -0.337 e. The van der Waals surface area contributed by atoms with E-state index in [0.717, 1.165) is 5.69 Å². The molecular formula is C15H22N6O2. The van der Waals surface area contributed by atoms with Gasteiger partial charge in [-0.05, 0) is 13.0 Å². The van der Waals surface area contributed by atoms with Crippen LogP contribution in [0.2, 0.25) is 0 Å². The van der Waals surface area contributed by atoms with Crippen molar-refractivity contribution in [2.45, 2.75) is 45.7 Å². The Kier molecular flexibility index (Phi) is 4.92. The van der Waals surface area contributed by atoms with Crippen LogP contribution in [-0.2, 0) is 12.0 Å². The van der Waals surface area contributed by atoms with Crippen LogP contribution >= 0.6 is 0 Å². The van der Waals surface area contributed by atoms with Gasteiger partial charge in [0, 0.05) is 18.7 Å². The molecule has 2 rings (SSSR count). The molecule has 0 saturated carbocycles. The maximum atomic E-state index is 12.2. The Hall–Kier alpha value is -2.51. The third-order valence-corrected chi connectivity index (χ3v) is 3.46. The van der Waals surface area contributed by atoms with E-state index in [1.807, 2.05) is 27.7 Å². The smallest absolute Gasteiger partial charge is 0.318 e. The predicted molar refractivity (Wildman–Crippen MR) is 83.4 cm³/mol. The Morgan fingerprint density at radius 2 is 2.17 bits per heavy atom. The van der Waals surface area contributed by atoms with E-state index >= 15 is 0 Å². The minimum atomic E-state index is -0.244. The minimum absolute atomic E-state index is 0.175. The van der Waals surface area contributed by atoms with Crippen molar-refractivity contribution in [1.29, 1.82) is 0 Å². The number of urea groups is 1. The van der Waals surface area contributed by atoms with Crippen LogP contribution in [0.15, 0.2) is 23.1 Å². The Bertz CT molecular complexity index is 649. The molecule has 0 spiro atoms. The van der Waals surface area contributed by atoms with Crippen molar-refractivity contribution < 1.29 is 9.32 Å². The molecule has 2 amide bonds. The molecule has 0 aromatic carbocycles. The molecule has 0 bridgehead atoms. The van der Waals surface area contributed by atoms with Crippen molar-refractivity contribution in [2.75, 3.05) is 7.05 Å². The number of rotatable bonds is 4. The number of nitrogens with zero attached hydrogens (tertiary/aromatic N) is 5. The Balaban J connectivity index is 1.93. The number of aromatic nitrogens is 4. The summed E-state index contributed by atoms with van der Waals surface area (Å²) in [4.78, 5) is 26.1. The first-order valence-electron chi connectivity index (χ1n) is 7.38. The molecule has 0 aliphatic rings. The largest absolute Gasteiger partial charge is 0.337 e. The van der Waals surface area contributed by atoms with Gasteiger partial charge < -0.3 is 14.7 Å². The highest BCUT2D eigenvalue weighted by molar-refractivity contribution is 5.74. The highest BCUT2D eigenvalue weighted by Gasteiger charge is 2.22. The third-order valence-electron chi connectivity index (χ3n) is 3.46. The van der Waals surface area contributed by atoms with Gasteiger partial charge in [0.15, 0.2) is 5.82 Å². The average molecular weight is 318 g/mol. The molecule has 0 radical (unpaired) electrons. The highest BCUT2D eigenvalue weighted by atomic mass is 16.5. The topological polar surface area (TPSA) is 97.0 Å². The van der Waals surface area contributed by atoms with E-state index in [1.54, 1.807) is 24.2 Å². The monoisotopic (exact) mass is 318 g/mol. The Morgan fingerprint density at radius 1 is 1.43 bits per heavy atom. The lowest BCUT2D eigenvalue weighted by molar-refractivity contribution is 0.191. The summed E-state index contributed by atoms with van der Waals surface area (Å²) in [5.74, 6) is 0.996. The van der Waals surface area contributed by atoms with Crippen LogP contribution in [0, 0.1) is 0 Å². The van der Waals surface area contributed by atoms with Gasteiger partial charge in [-0.1, -0.05) is 25.9 Å². The summed E-state index contributed by atoms with van der Waals surface area (Å²) >= 11 is 0. The zero-order chi connectivity index (χ0) is 17.0. The van der Waals surface area contributed by atoms with Gasteiger partial charge in [-0.3, -0.25) is 0 Å². The normalized spacial score (nSPS) is 12.7. The standard InChI is InChI=1S/C15H22N6O2/c1-10(11-6-7-16-9-18-11)21(5)14(22)17-8-12-19-13(20-23-12)15(2,3)4/h6-7,9-10H,8H2,1-5H3,(H,17,22). The van der Waals surface area contributed by atoms with Gasteiger partial charge in [0.1, 0.15) is 6.33 Å². The van der Waals surface area contributed by atoms with Crippen LogP contribution in [-0.4, -0.2) is 38.1 Å². The van der Waals surface area contributed by atoms with Crippen LogP contribution < -0.4 is 5.32 Å². The lowest BCUT2D eigenvalue weighted by atomic mass is 9.96. The molecule has 124 valence electrons. The van der Waals surface area contributed by atoms with Crippen molar-refractivity contribution in [3.8, 4) is 0 Å². The van der Waals surface area contributed by atoms with Gasteiger partial charge >= 0.3 is 6.03 Å².